The average molecular weight is 305 g/mol. The Hall–Kier alpha value is -0.820. The molecule has 1 aliphatic heterocycles. The van der Waals surface area contributed by atoms with Crippen molar-refractivity contribution in [1.82, 2.24) is 4.31 Å². The Morgan fingerprint density at radius 2 is 2.21 bits per heavy atom. The molecule has 1 aromatic rings. The maximum absolute atomic E-state index is 12.5. The summed E-state index contributed by atoms with van der Waals surface area (Å²) in [4.78, 5) is 0.170. The first-order valence-corrected chi connectivity index (χ1v) is 7.90. The van der Waals surface area contributed by atoms with Crippen molar-refractivity contribution >= 4 is 27.3 Å². The summed E-state index contributed by atoms with van der Waals surface area (Å²) in [5, 5.41) is 0.353. The number of sulfonamides is 1. The third-order valence-corrected chi connectivity index (χ3v) is 5.23. The van der Waals surface area contributed by atoms with Gasteiger partial charge in [0.25, 0.3) is 0 Å². The van der Waals surface area contributed by atoms with E-state index in [0.29, 0.717) is 31.1 Å². The molecule has 0 bridgehead atoms. The second-order valence-corrected chi connectivity index (χ2v) is 6.93. The minimum absolute atomic E-state index is 0.109. The van der Waals surface area contributed by atoms with Crippen LogP contribution in [0.4, 0.5) is 5.69 Å². The van der Waals surface area contributed by atoms with Crippen molar-refractivity contribution in [2.45, 2.75) is 24.3 Å². The van der Waals surface area contributed by atoms with Gasteiger partial charge in [0.05, 0.1) is 21.7 Å². The number of halogens is 1. The van der Waals surface area contributed by atoms with E-state index in [9.17, 15) is 8.42 Å². The fourth-order valence-electron chi connectivity index (χ4n) is 2.01. The quantitative estimate of drug-likeness (QED) is 0.844. The van der Waals surface area contributed by atoms with Gasteiger partial charge in [-0.25, -0.2) is 8.42 Å². The molecule has 1 unspecified atom stereocenters. The molecule has 7 heteroatoms. The summed E-state index contributed by atoms with van der Waals surface area (Å²) in [5.41, 5.74) is 5.93. The van der Waals surface area contributed by atoms with Gasteiger partial charge in [-0.05, 0) is 31.5 Å². The highest BCUT2D eigenvalue weighted by atomic mass is 35.5. The number of nitrogen functional groups attached to an aromatic ring is 1. The monoisotopic (exact) mass is 304 g/mol. The summed E-state index contributed by atoms with van der Waals surface area (Å²) >= 11 is 5.81. The van der Waals surface area contributed by atoms with Crippen LogP contribution >= 0.6 is 11.6 Å². The molecule has 0 spiro atoms. The molecule has 1 saturated heterocycles. The van der Waals surface area contributed by atoms with E-state index >= 15 is 0 Å². The van der Waals surface area contributed by atoms with Crippen molar-refractivity contribution < 1.29 is 13.2 Å². The first-order chi connectivity index (χ1) is 8.91. The molecule has 1 atom stereocenters. The lowest BCUT2D eigenvalue weighted by molar-refractivity contribution is 0.0752. The number of nitrogens with zero attached hydrogens (tertiary/aromatic N) is 1. The highest BCUT2D eigenvalue weighted by Crippen LogP contribution is 2.25. The molecule has 0 saturated carbocycles. The van der Waals surface area contributed by atoms with Crippen LogP contribution in [0.1, 0.15) is 13.3 Å². The number of anilines is 1. The summed E-state index contributed by atoms with van der Waals surface area (Å²) < 4.78 is 31.9. The average Bonchev–Trinajstić information content (AvgIpc) is 2.57. The van der Waals surface area contributed by atoms with E-state index in [1.165, 1.54) is 22.5 Å². The summed E-state index contributed by atoms with van der Waals surface area (Å²) in [6.45, 7) is 3.25. The molecule has 2 N–H and O–H groups in total. The van der Waals surface area contributed by atoms with Gasteiger partial charge in [0.1, 0.15) is 0 Å². The molecule has 0 aliphatic carbocycles. The molecule has 106 valence electrons. The number of hydrogen-bond donors (Lipinski definition) is 1. The molecule has 19 heavy (non-hydrogen) atoms. The molecule has 1 aliphatic rings. The second-order valence-electron chi connectivity index (χ2n) is 4.58. The van der Waals surface area contributed by atoms with Crippen LogP contribution in [-0.4, -0.2) is 38.5 Å². The largest absolute Gasteiger partial charge is 0.397 e. The van der Waals surface area contributed by atoms with Gasteiger partial charge >= 0.3 is 0 Å². The standard InChI is InChI=1S/C12H17ClN2O3S/c1-9-8-15(5-2-6-18-9)19(16,17)10-3-4-11(13)12(14)7-10/h3-4,7,9H,2,5-6,8,14H2,1H3. The zero-order valence-electron chi connectivity index (χ0n) is 10.7. The summed E-state index contributed by atoms with van der Waals surface area (Å²) in [6.07, 6.45) is 0.578. The van der Waals surface area contributed by atoms with E-state index in [4.69, 9.17) is 22.1 Å². The van der Waals surface area contributed by atoms with E-state index in [1.807, 2.05) is 6.92 Å². The lowest BCUT2D eigenvalue weighted by Gasteiger charge is -2.21. The molecular weight excluding hydrogens is 288 g/mol. The molecule has 0 radical (unpaired) electrons. The third kappa shape index (κ3) is 3.20. The van der Waals surface area contributed by atoms with Gasteiger partial charge in [-0.3, -0.25) is 0 Å². The van der Waals surface area contributed by atoms with Crippen LogP contribution in [0.15, 0.2) is 23.1 Å². The highest BCUT2D eigenvalue weighted by Gasteiger charge is 2.28. The number of benzene rings is 1. The normalized spacial score (nSPS) is 22.1. The second kappa shape index (κ2) is 5.66. The lowest BCUT2D eigenvalue weighted by Crippen LogP contribution is -2.35. The van der Waals surface area contributed by atoms with Gasteiger partial charge in [0.15, 0.2) is 0 Å². The number of ether oxygens (including phenoxy) is 1. The van der Waals surface area contributed by atoms with Crippen LogP contribution in [0, 0.1) is 0 Å². The Morgan fingerprint density at radius 1 is 1.47 bits per heavy atom. The van der Waals surface area contributed by atoms with Gasteiger partial charge in [-0.2, -0.15) is 4.31 Å². The Kier molecular flexibility index (Phi) is 4.35. The van der Waals surface area contributed by atoms with Crippen LogP contribution in [-0.2, 0) is 14.8 Å². The van der Waals surface area contributed by atoms with Crippen molar-refractivity contribution in [2.75, 3.05) is 25.4 Å². The van der Waals surface area contributed by atoms with Gasteiger partial charge in [-0.15, -0.1) is 0 Å². The van der Waals surface area contributed by atoms with E-state index in [-0.39, 0.29) is 16.7 Å². The summed E-state index contributed by atoms with van der Waals surface area (Å²) in [7, 11) is -3.54. The molecule has 2 rings (SSSR count). The topological polar surface area (TPSA) is 72.6 Å². The van der Waals surface area contributed by atoms with Gasteiger partial charge in [-0.1, -0.05) is 11.6 Å². The predicted molar refractivity (Wildman–Crippen MR) is 74.7 cm³/mol. The third-order valence-electron chi connectivity index (χ3n) is 3.02. The molecule has 1 aromatic carbocycles. The predicted octanol–water partition coefficient (Wildman–Crippen LogP) is 1.72. The Labute approximate surface area is 118 Å². The first kappa shape index (κ1) is 14.6. The van der Waals surface area contributed by atoms with E-state index in [2.05, 4.69) is 0 Å². The smallest absolute Gasteiger partial charge is 0.243 e. The van der Waals surface area contributed by atoms with Crippen molar-refractivity contribution in [2.24, 2.45) is 0 Å². The molecule has 1 fully saturated rings. The van der Waals surface area contributed by atoms with Crippen LogP contribution in [0.25, 0.3) is 0 Å². The molecule has 1 heterocycles. The first-order valence-electron chi connectivity index (χ1n) is 6.08. The van der Waals surface area contributed by atoms with Gasteiger partial charge in [0.2, 0.25) is 10.0 Å². The van der Waals surface area contributed by atoms with Gasteiger partial charge in [0, 0.05) is 19.7 Å². The lowest BCUT2D eigenvalue weighted by atomic mass is 10.3. The Bertz CT molecular complexity index is 562. The fraction of sp³-hybridized carbons (Fsp3) is 0.500. The minimum Gasteiger partial charge on any atom is -0.397 e. The van der Waals surface area contributed by atoms with E-state index in [0.717, 1.165) is 0 Å². The van der Waals surface area contributed by atoms with Crippen molar-refractivity contribution in [3.63, 3.8) is 0 Å². The van der Waals surface area contributed by atoms with Crippen molar-refractivity contribution in [3.8, 4) is 0 Å². The van der Waals surface area contributed by atoms with Crippen LogP contribution in [0.3, 0.4) is 0 Å². The fourth-order valence-corrected chi connectivity index (χ4v) is 3.71. The SMILES string of the molecule is CC1CN(S(=O)(=O)c2ccc(Cl)c(N)c2)CCCO1. The maximum Gasteiger partial charge on any atom is 0.243 e. The highest BCUT2D eigenvalue weighted by molar-refractivity contribution is 7.89. The minimum atomic E-state index is -3.54. The van der Waals surface area contributed by atoms with E-state index in [1.54, 1.807) is 0 Å². The summed E-state index contributed by atoms with van der Waals surface area (Å²) in [6, 6.07) is 4.38. The van der Waals surface area contributed by atoms with Crippen molar-refractivity contribution in [1.29, 1.82) is 0 Å². The van der Waals surface area contributed by atoms with Crippen LogP contribution in [0.5, 0.6) is 0 Å². The number of rotatable bonds is 2. The van der Waals surface area contributed by atoms with Crippen LogP contribution in [0.2, 0.25) is 5.02 Å². The summed E-state index contributed by atoms with van der Waals surface area (Å²) in [5.74, 6) is 0. The number of hydrogen-bond acceptors (Lipinski definition) is 4. The maximum atomic E-state index is 12.5. The zero-order valence-corrected chi connectivity index (χ0v) is 12.2. The van der Waals surface area contributed by atoms with E-state index < -0.39 is 10.0 Å². The van der Waals surface area contributed by atoms with Gasteiger partial charge < -0.3 is 10.5 Å². The van der Waals surface area contributed by atoms with Crippen LogP contribution < -0.4 is 5.73 Å². The van der Waals surface area contributed by atoms with Crippen molar-refractivity contribution in [3.05, 3.63) is 23.2 Å². The number of nitrogens with two attached hydrogens (primary N) is 1. The molecular formula is C12H17ClN2O3S. The molecule has 0 amide bonds. The zero-order chi connectivity index (χ0) is 14.0. The Morgan fingerprint density at radius 3 is 2.89 bits per heavy atom. The Balaban J connectivity index is 2.32. The molecule has 0 aromatic heterocycles. The molecule has 5 nitrogen and oxygen atoms in total.